The van der Waals surface area contributed by atoms with Crippen molar-refractivity contribution in [3.63, 3.8) is 0 Å². The third kappa shape index (κ3) is 2.36. The second-order valence-corrected chi connectivity index (χ2v) is 4.97. The van der Waals surface area contributed by atoms with Crippen LogP contribution in [0.4, 0.5) is 4.39 Å². The molecule has 1 aromatic carbocycles. The molecular weight excluding hydrogens is 257 g/mol. The van der Waals surface area contributed by atoms with E-state index in [-0.39, 0.29) is 11.4 Å². The van der Waals surface area contributed by atoms with Crippen LogP contribution in [0.25, 0.3) is 11.4 Å². The van der Waals surface area contributed by atoms with Crippen molar-refractivity contribution in [2.45, 2.75) is 19.9 Å². The van der Waals surface area contributed by atoms with Gasteiger partial charge in [-0.25, -0.2) is 9.37 Å². The molecule has 1 aliphatic rings. The molecule has 0 fully saturated rings. The first-order valence-electron chi connectivity index (χ1n) is 6.77. The number of aromatic amines is 1. The second kappa shape index (κ2) is 5.17. The number of hydrogen-bond acceptors (Lipinski definition) is 3. The van der Waals surface area contributed by atoms with Crippen LogP contribution in [0.2, 0.25) is 0 Å². The van der Waals surface area contributed by atoms with Crippen molar-refractivity contribution in [3.8, 4) is 11.4 Å². The number of nitrogens with zero attached hydrogens (tertiary/aromatic N) is 2. The van der Waals surface area contributed by atoms with Gasteiger partial charge in [0.25, 0.3) is 5.56 Å². The van der Waals surface area contributed by atoms with Crippen LogP contribution in [-0.2, 0) is 13.0 Å². The van der Waals surface area contributed by atoms with Crippen molar-refractivity contribution in [2.24, 2.45) is 0 Å². The molecule has 0 aliphatic carbocycles. The zero-order chi connectivity index (χ0) is 14.1. The van der Waals surface area contributed by atoms with E-state index >= 15 is 0 Å². The summed E-state index contributed by atoms with van der Waals surface area (Å²) in [5.41, 5.74) is 2.25. The Kier molecular flexibility index (Phi) is 3.36. The third-order valence-corrected chi connectivity index (χ3v) is 3.71. The number of aromatic nitrogens is 2. The molecule has 1 aliphatic heterocycles. The van der Waals surface area contributed by atoms with Crippen LogP contribution < -0.4 is 5.56 Å². The highest BCUT2D eigenvalue weighted by Crippen LogP contribution is 2.18. The first kappa shape index (κ1) is 13.0. The summed E-state index contributed by atoms with van der Waals surface area (Å²) < 4.78 is 12.9. The van der Waals surface area contributed by atoms with Gasteiger partial charge in [-0.05, 0) is 30.8 Å². The number of likely N-dealkylation sites (N-methyl/N-ethyl adjacent to an activating group) is 1. The molecule has 1 aromatic heterocycles. The molecule has 0 saturated carbocycles. The van der Waals surface area contributed by atoms with E-state index in [1.807, 2.05) is 0 Å². The Morgan fingerprint density at radius 2 is 2.10 bits per heavy atom. The first-order chi connectivity index (χ1) is 9.67. The number of fused-ring (bicyclic) bond motifs is 1. The lowest BCUT2D eigenvalue weighted by atomic mass is 10.1. The molecule has 2 heterocycles. The third-order valence-electron chi connectivity index (χ3n) is 3.71. The zero-order valence-corrected chi connectivity index (χ0v) is 11.3. The maximum atomic E-state index is 12.9. The molecule has 3 rings (SSSR count). The van der Waals surface area contributed by atoms with Crippen LogP contribution in [0.15, 0.2) is 29.1 Å². The van der Waals surface area contributed by atoms with Crippen molar-refractivity contribution in [1.29, 1.82) is 0 Å². The highest BCUT2D eigenvalue weighted by atomic mass is 19.1. The van der Waals surface area contributed by atoms with E-state index in [2.05, 4.69) is 21.8 Å². The van der Waals surface area contributed by atoms with Gasteiger partial charge < -0.3 is 4.98 Å². The minimum Gasteiger partial charge on any atom is -0.306 e. The predicted octanol–water partition coefficient (Wildman–Crippen LogP) is 1.95. The van der Waals surface area contributed by atoms with Crippen LogP contribution in [0.1, 0.15) is 18.2 Å². The fraction of sp³-hybridized carbons (Fsp3) is 0.333. The molecule has 2 aromatic rings. The van der Waals surface area contributed by atoms with Gasteiger partial charge in [0, 0.05) is 25.1 Å². The summed E-state index contributed by atoms with van der Waals surface area (Å²) in [7, 11) is 0. The van der Waals surface area contributed by atoms with Crippen LogP contribution in [0.3, 0.4) is 0 Å². The minimum absolute atomic E-state index is 0.0903. The summed E-state index contributed by atoms with van der Waals surface area (Å²) in [6.07, 6.45) is 0.779. The summed E-state index contributed by atoms with van der Waals surface area (Å²) in [5, 5.41) is 0. The number of nitrogens with one attached hydrogen (secondary N) is 1. The number of H-pyrrole nitrogens is 1. The van der Waals surface area contributed by atoms with E-state index in [1.54, 1.807) is 12.1 Å². The van der Waals surface area contributed by atoms with Gasteiger partial charge in [-0.15, -0.1) is 0 Å². The molecule has 5 heteroatoms. The molecule has 104 valence electrons. The molecule has 0 radical (unpaired) electrons. The van der Waals surface area contributed by atoms with E-state index < -0.39 is 0 Å². The summed E-state index contributed by atoms with van der Waals surface area (Å²) in [5.74, 6) is 0.214. The summed E-state index contributed by atoms with van der Waals surface area (Å²) in [6, 6.07) is 5.99. The van der Waals surface area contributed by atoms with E-state index in [9.17, 15) is 9.18 Å². The van der Waals surface area contributed by atoms with Crippen LogP contribution in [0, 0.1) is 5.82 Å². The molecule has 0 bridgehead atoms. The summed E-state index contributed by atoms with van der Waals surface area (Å²) >= 11 is 0. The van der Waals surface area contributed by atoms with E-state index in [0.29, 0.717) is 12.4 Å². The van der Waals surface area contributed by atoms with Gasteiger partial charge in [-0.2, -0.15) is 0 Å². The minimum atomic E-state index is -0.298. The largest absolute Gasteiger partial charge is 0.306 e. The maximum absolute atomic E-state index is 12.9. The number of hydrogen-bond donors (Lipinski definition) is 1. The monoisotopic (exact) mass is 273 g/mol. The number of halogens is 1. The molecule has 0 spiro atoms. The standard InChI is InChI=1S/C15H16FN3O/c1-2-19-8-7-13-12(9-19)15(20)18-14(17-13)10-3-5-11(16)6-4-10/h3-6H,2,7-9H2,1H3,(H,17,18,20). The van der Waals surface area contributed by atoms with Crippen molar-refractivity contribution in [2.75, 3.05) is 13.1 Å². The van der Waals surface area contributed by atoms with Crippen molar-refractivity contribution < 1.29 is 4.39 Å². The van der Waals surface area contributed by atoms with E-state index in [0.717, 1.165) is 36.3 Å². The Hall–Kier alpha value is -2.01. The molecule has 1 N–H and O–H groups in total. The molecule has 0 amide bonds. The van der Waals surface area contributed by atoms with Crippen molar-refractivity contribution in [3.05, 3.63) is 51.7 Å². The molecular formula is C15H16FN3O. The normalized spacial score (nSPS) is 15.1. The number of benzene rings is 1. The van der Waals surface area contributed by atoms with E-state index in [4.69, 9.17) is 0 Å². The van der Waals surface area contributed by atoms with E-state index in [1.165, 1.54) is 12.1 Å². The smallest absolute Gasteiger partial charge is 0.255 e. The lowest BCUT2D eigenvalue weighted by molar-refractivity contribution is 0.264. The van der Waals surface area contributed by atoms with Crippen LogP contribution in [-0.4, -0.2) is 28.0 Å². The predicted molar refractivity (Wildman–Crippen MR) is 74.9 cm³/mol. The highest BCUT2D eigenvalue weighted by Gasteiger charge is 2.20. The summed E-state index contributed by atoms with van der Waals surface area (Å²) in [6.45, 7) is 4.58. The average molecular weight is 273 g/mol. The molecule has 20 heavy (non-hydrogen) atoms. The first-order valence-corrected chi connectivity index (χ1v) is 6.77. The van der Waals surface area contributed by atoms with Gasteiger partial charge in [-0.1, -0.05) is 6.92 Å². The average Bonchev–Trinajstić information content (AvgIpc) is 2.47. The van der Waals surface area contributed by atoms with Gasteiger partial charge in [0.1, 0.15) is 11.6 Å². The fourth-order valence-corrected chi connectivity index (χ4v) is 2.50. The molecule has 0 saturated heterocycles. The van der Waals surface area contributed by atoms with Crippen LogP contribution >= 0.6 is 0 Å². The number of rotatable bonds is 2. The van der Waals surface area contributed by atoms with Crippen molar-refractivity contribution >= 4 is 0 Å². The van der Waals surface area contributed by atoms with Crippen LogP contribution in [0.5, 0.6) is 0 Å². The topological polar surface area (TPSA) is 49.0 Å². The molecule has 0 unspecified atom stereocenters. The lowest BCUT2D eigenvalue weighted by Crippen LogP contribution is -2.35. The molecule has 4 nitrogen and oxygen atoms in total. The Morgan fingerprint density at radius 1 is 1.35 bits per heavy atom. The molecule has 0 atom stereocenters. The Labute approximate surface area is 116 Å². The fourth-order valence-electron chi connectivity index (χ4n) is 2.50. The second-order valence-electron chi connectivity index (χ2n) is 4.97. The lowest BCUT2D eigenvalue weighted by Gasteiger charge is -2.26. The van der Waals surface area contributed by atoms with Gasteiger partial charge in [0.15, 0.2) is 0 Å². The quantitative estimate of drug-likeness (QED) is 0.910. The van der Waals surface area contributed by atoms with Gasteiger partial charge in [-0.3, -0.25) is 9.69 Å². The summed E-state index contributed by atoms with van der Waals surface area (Å²) in [4.78, 5) is 21.7. The highest BCUT2D eigenvalue weighted by molar-refractivity contribution is 5.55. The Morgan fingerprint density at radius 3 is 2.80 bits per heavy atom. The van der Waals surface area contributed by atoms with Gasteiger partial charge in [0.05, 0.1) is 11.3 Å². The zero-order valence-electron chi connectivity index (χ0n) is 11.3. The Bertz CT molecular complexity index is 679. The SMILES string of the molecule is CCN1CCc2nc(-c3ccc(F)cc3)[nH]c(=O)c2C1. The maximum Gasteiger partial charge on any atom is 0.255 e. The Balaban J connectivity index is 2.02. The van der Waals surface area contributed by atoms with Gasteiger partial charge >= 0.3 is 0 Å². The van der Waals surface area contributed by atoms with Crippen molar-refractivity contribution in [1.82, 2.24) is 14.9 Å². The van der Waals surface area contributed by atoms with Gasteiger partial charge in [0.2, 0.25) is 0 Å².